The second kappa shape index (κ2) is 8.99. The van der Waals surface area contributed by atoms with Gasteiger partial charge in [-0.2, -0.15) is 10.2 Å². The smallest absolute Gasteiger partial charge is 0.151 e. The Labute approximate surface area is 214 Å². The zero-order valence-corrected chi connectivity index (χ0v) is 21.0. The number of hydrogen-bond donors (Lipinski definition) is 1. The monoisotopic (exact) mass is 505 g/mol. The van der Waals surface area contributed by atoms with Crippen LogP contribution in [0, 0.1) is 0 Å². The Morgan fingerprint density at radius 2 is 1.94 bits per heavy atom. The molecule has 0 radical (unpaired) electrons. The molecule has 4 aromatic rings. The highest BCUT2D eigenvalue weighted by Crippen LogP contribution is 2.36. The van der Waals surface area contributed by atoms with Crippen LogP contribution >= 0.6 is 11.6 Å². The number of ether oxygens (including phenoxy) is 1. The fraction of sp³-hybridized carbons (Fsp3) is 0.385. The molecule has 2 atom stereocenters. The molecule has 2 bridgehead atoms. The molecule has 3 fully saturated rings. The highest BCUT2D eigenvalue weighted by molar-refractivity contribution is 6.29. The van der Waals surface area contributed by atoms with Crippen molar-refractivity contribution >= 4 is 22.9 Å². The standard InChI is InChI=1S/C26H28ClN7O2/c1-26(2,35)16-36-21-10-22(23-7-8-29-34(23)15-21)17-3-6-25(28-11-17)32-13-19-9-20(14-32)33(19)12-18-4-5-24(27)31-30-18/h3-8,10-11,15,19-20,35H,9,12-14,16H2,1-2H3. The van der Waals surface area contributed by atoms with Gasteiger partial charge in [-0.3, -0.25) is 4.90 Å². The number of piperazine rings is 1. The SMILES string of the molecule is CC(C)(O)COc1cc(-c2ccc(N3CC4CC(C3)N4Cc3ccc(Cl)nn3)nc2)c2ccnn2c1. The number of fused-ring (bicyclic) bond motifs is 3. The van der Waals surface area contributed by atoms with Gasteiger partial charge in [0.1, 0.15) is 18.2 Å². The summed E-state index contributed by atoms with van der Waals surface area (Å²) in [4.78, 5) is 9.68. The summed E-state index contributed by atoms with van der Waals surface area (Å²) in [6.07, 6.45) is 6.71. The van der Waals surface area contributed by atoms with Crippen molar-refractivity contribution in [1.82, 2.24) is 29.7 Å². The number of aromatic nitrogens is 5. The van der Waals surface area contributed by atoms with Gasteiger partial charge in [0, 0.05) is 49.0 Å². The molecule has 0 amide bonds. The summed E-state index contributed by atoms with van der Waals surface area (Å²) in [5.41, 5.74) is 2.97. The average Bonchev–Trinajstić information content (AvgIpc) is 3.35. The predicted octanol–water partition coefficient (Wildman–Crippen LogP) is 3.45. The molecule has 7 rings (SSSR count). The topological polar surface area (TPSA) is 91.9 Å². The van der Waals surface area contributed by atoms with E-state index in [1.54, 1.807) is 30.6 Å². The number of pyridine rings is 2. The van der Waals surface area contributed by atoms with E-state index in [2.05, 4.69) is 37.2 Å². The molecular weight excluding hydrogens is 478 g/mol. The Kier molecular flexibility index (Phi) is 5.78. The van der Waals surface area contributed by atoms with E-state index in [9.17, 15) is 5.11 Å². The molecule has 2 unspecified atom stereocenters. The van der Waals surface area contributed by atoms with Crippen LogP contribution in [0.25, 0.3) is 16.6 Å². The van der Waals surface area contributed by atoms with E-state index >= 15 is 0 Å². The largest absolute Gasteiger partial charge is 0.489 e. The third-order valence-electron chi connectivity index (χ3n) is 6.83. The minimum absolute atomic E-state index is 0.190. The summed E-state index contributed by atoms with van der Waals surface area (Å²) >= 11 is 5.87. The average molecular weight is 506 g/mol. The Morgan fingerprint density at radius 1 is 1.11 bits per heavy atom. The molecule has 3 aliphatic heterocycles. The summed E-state index contributed by atoms with van der Waals surface area (Å²) in [5, 5.41) is 23.0. The third kappa shape index (κ3) is 4.61. The van der Waals surface area contributed by atoms with Crippen LogP contribution < -0.4 is 9.64 Å². The van der Waals surface area contributed by atoms with Crippen LogP contribution in [0.5, 0.6) is 5.75 Å². The van der Waals surface area contributed by atoms with E-state index < -0.39 is 5.60 Å². The summed E-state index contributed by atoms with van der Waals surface area (Å²) in [7, 11) is 0. The van der Waals surface area contributed by atoms with Crippen LogP contribution in [0.1, 0.15) is 26.0 Å². The van der Waals surface area contributed by atoms with Crippen molar-refractivity contribution in [1.29, 1.82) is 0 Å². The zero-order valence-electron chi connectivity index (χ0n) is 20.3. The van der Waals surface area contributed by atoms with Gasteiger partial charge < -0.3 is 14.7 Å². The van der Waals surface area contributed by atoms with Crippen LogP contribution in [-0.2, 0) is 6.54 Å². The van der Waals surface area contributed by atoms with Crippen molar-refractivity contribution in [2.24, 2.45) is 0 Å². The van der Waals surface area contributed by atoms with Gasteiger partial charge in [0.25, 0.3) is 0 Å². The van der Waals surface area contributed by atoms with Gasteiger partial charge in [0.05, 0.1) is 29.2 Å². The predicted molar refractivity (Wildman–Crippen MR) is 137 cm³/mol. The van der Waals surface area contributed by atoms with Crippen LogP contribution in [-0.4, -0.2) is 72.2 Å². The molecule has 0 aliphatic carbocycles. The molecule has 36 heavy (non-hydrogen) atoms. The van der Waals surface area contributed by atoms with Gasteiger partial charge in [-0.15, -0.1) is 5.10 Å². The highest BCUT2D eigenvalue weighted by Gasteiger charge is 2.44. The lowest BCUT2D eigenvalue weighted by molar-refractivity contribution is -0.00987. The molecule has 0 spiro atoms. The van der Waals surface area contributed by atoms with E-state index in [-0.39, 0.29) is 6.61 Å². The molecule has 10 heteroatoms. The first-order valence-electron chi connectivity index (χ1n) is 12.1. The van der Waals surface area contributed by atoms with Gasteiger partial charge in [-0.25, -0.2) is 9.50 Å². The van der Waals surface area contributed by atoms with E-state index in [1.807, 2.05) is 30.6 Å². The molecule has 186 valence electrons. The van der Waals surface area contributed by atoms with E-state index in [1.165, 1.54) is 6.42 Å². The summed E-state index contributed by atoms with van der Waals surface area (Å²) in [6, 6.07) is 12.9. The number of anilines is 1. The van der Waals surface area contributed by atoms with Crippen molar-refractivity contribution in [2.45, 2.75) is 44.5 Å². The fourth-order valence-electron chi connectivity index (χ4n) is 5.05. The molecule has 4 aromatic heterocycles. The zero-order chi connectivity index (χ0) is 24.9. The summed E-state index contributed by atoms with van der Waals surface area (Å²) in [5.74, 6) is 1.63. The van der Waals surface area contributed by atoms with Crippen molar-refractivity contribution in [3.05, 3.63) is 65.8 Å². The fourth-order valence-corrected chi connectivity index (χ4v) is 5.16. The molecule has 3 aliphatic rings. The van der Waals surface area contributed by atoms with Gasteiger partial charge in [-0.05, 0) is 56.7 Å². The Morgan fingerprint density at radius 3 is 2.64 bits per heavy atom. The van der Waals surface area contributed by atoms with Gasteiger partial charge in [-0.1, -0.05) is 11.6 Å². The lowest BCUT2D eigenvalue weighted by Gasteiger charge is -2.56. The summed E-state index contributed by atoms with van der Waals surface area (Å²) < 4.78 is 7.64. The molecule has 0 saturated carbocycles. The molecule has 9 nitrogen and oxygen atoms in total. The number of nitrogens with zero attached hydrogens (tertiary/aromatic N) is 7. The first-order chi connectivity index (χ1) is 17.3. The molecule has 7 heterocycles. The molecule has 3 saturated heterocycles. The second-order valence-electron chi connectivity index (χ2n) is 10.2. The normalized spacial score (nSPS) is 19.9. The van der Waals surface area contributed by atoms with E-state index in [4.69, 9.17) is 21.3 Å². The van der Waals surface area contributed by atoms with Crippen LogP contribution in [0.3, 0.4) is 0 Å². The quantitative estimate of drug-likeness (QED) is 0.408. The van der Waals surface area contributed by atoms with Crippen LogP contribution in [0.4, 0.5) is 5.82 Å². The minimum atomic E-state index is -0.921. The maximum absolute atomic E-state index is 10.0. The number of aliphatic hydroxyl groups is 1. The highest BCUT2D eigenvalue weighted by atomic mass is 35.5. The van der Waals surface area contributed by atoms with Crippen molar-refractivity contribution < 1.29 is 9.84 Å². The minimum Gasteiger partial charge on any atom is -0.489 e. The summed E-state index contributed by atoms with van der Waals surface area (Å²) in [6.45, 7) is 6.31. The third-order valence-corrected chi connectivity index (χ3v) is 7.04. The van der Waals surface area contributed by atoms with E-state index in [0.717, 1.165) is 47.8 Å². The first-order valence-corrected chi connectivity index (χ1v) is 12.5. The van der Waals surface area contributed by atoms with Gasteiger partial charge in [0.2, 0.25) is 0 Å². The number of halogens is 1. The second-order valence-corrected chi connectivity index (χ2v) is 10.6. The molecular formula is C26H28ClN7O2. The molecule has 0 aromatic carbocycles. The van der Waals surface area contributed by atoms with E-state index in [0.29, 0.717) is 23.0 Å². The maximum Gasteiger partial charge on any atom is 0.151 e. The number of piperidine rings is 1. The maximum atomic E-state index is 10.0. The van der Waals surface area contributed by atoms with Gasteiger partial charge in [0.15, 0.2) is 5.15 Å². The lowest BCUT2D eigenvalue weighted by Crippen LogP contribution is -2.68. The Bertz CT molecular complexity index is 1360. The van der Waals surface area contributed by atoms with Crippen molar-refractivity contribution in [3.63, 3.8) is 0 Å². The van der Waals surface area contributed by atoms with Crippen LogP contribution in [0.2, 0.25) is 5.15 Å². The van der Waals surface area contributed by atoms with Crippen molar-refractivity contribution in [3.8, 4) is 16.9 Å². The first kappa shape index (κ1) is 23.1. The van der Waals surface area contributed by atoms with Crippen LogP contribution in [0.15, 0.2) is 55.0 Å². The Hall–Kier alpha value is -3.27. The lowest BCUT2D eigenvalue weighted by atomic mass is 9.87. The molecule has 1 N–H and O–H groups in total. The van der Waals surface area contributed by atoms with Gasteiger partial charge >= 0.3 is 0 Å². The van der Waals surface area contributed by atoms with Crippen molar-refractivity contribution in [2.75, 3.05) is 24.6 Å². The number of hydrogen-bond acceptors (Lipinski definition) is 8. The Balaban J connectivity index is 1.17. The number of rotatable bonds is 7.